The van der Waals surface area contributed by atoms with Gasteiger partial charge in [0.2, 0.25) is 0 Å². The summed E-state index contributed by atoms with van der Waals surface area (Å²) in [5.41, 5.74) is 1.19. The molecule has 4 heteroatoms. The number of nitrogens with one attached hydrogen (secondary N) is 1. The quantitative estimate of drug-likeness (QED) is 0.866. The highest BCUT2D eigenvalue weighted by atomic mass is 35.5. The SMILES string of the molecule is CC(C)(C)NCC(OCC1CCOC1)c1cccc(Cl)c1. The van der Waals surface area contributed by atoms with Crippen LogP contribution < -0.4 is 5.32 Å². The lowest BCUT2D eigenvalue weighted by Gasteiger charge is -2.26. The van der Waals surface area contributed by atoms with Crippen LogP contribution in [0.2, 0.25) is 5.02 Å². The van der Waals surface area contributed by atoms with Gasteiger partial charge in [-0.25, -0.2) is 0 Å². The van der Waals surface area contributed by atoms with Crippen molar-refractivity contribution < 1.29 is 9.47 Å². The molecule has 0 spiro atoms. The van der Waals surface area contributed by atoms with E-state index in [0.29, 0.717) is 5.92 Å². The van der Waals surface area contributed by atoms with Crippen molar-refractivity contribution in [1.29, 1.82) is 0 Å². The fourth-order valence-electron chi connectivity index (χ4n) is 2.35. The highest BCUT2D eigenvalue weighted by Crippen LogP contribution is 2.23. The van der Waals surface area contributed by atoms with Crippen LogP contribution in [0.1, 0.15) is 38.9 Å². The van der Waals surface area contributed by atoms with E-state index >= 15 is 0 Å². The highest BCUT2D eigenvalue weighted by molar-refractivity contribution is 6.30. The molecule has 1 N–H and O–H groups in total. The molecule has 1 fully saturated rings. The zero-order chi connectivity index (χ0) is 15.3. The average molecular weight is 312 g/mol. The van der Waals surface area contributed by atoms with E-state index in [4.69, 9.17) is 21.1 Å². The van der Waals surface area contributed by atoms with E-state index < -0.39 is 0 Å². The largest absolute Gasteiger partial charge is 0.381 e. The van der Waals surface area contributed by atoms with Crippen LogP contribution in [0, 0.1) is 5.92 Å². The number of hydrogen-bond donors (Lipinski definition) is 1. The molecule has 1 aliphatic heterocycles. The van der Waals surface area contributed by atoms with Gasteiger partial charge in [-0.05, 0) is 44.9 Å². The lowest BCUT2D eigenvalue weighted by atomic mass is 10.1. The number of rotatable bonds is 6. The molecule has 0 bridgehead atoms. The molecule has 1 aromatic rings. The van der Waals surface area contributed by atoms with Crippen LogP contribution in [0.3, 0.4) is 0 Å². The smallest absolute Gasteiger partial charge is 0.0950 e. The Labute approximate surface area is 133 Å². The third-order valence-electron chi connectivity index (χ3n) is 3.60. The lowest BCUT2D eigenvalue weighted by Crippen LogP contribution is -2.39. The Morgan fingerprint density at radius 1 is 1.43 bits per heavy atom. The summed E-state index contributed by atoms with van der Waals surface area (Å²) in [6.45, 7) is 9.66. The molecule has 118 valence electrons. The molecule has 1 heterocycles. The summed E-state index contributed by atoms with van der Waals surface area (Å²) in [7, 11) is 0. The van der Waals surface area contributed by atoms with Gasteiger partial charge in [0, 0.05) is 29.6 Å². The average Bonchev–Trinajstić information content (AvgIpc) is 2.90. The van der Waals surface area contributed by atoms with Crippen molar-refractivity contribution in [2.75, 3.05) is 26.4 Å². The molecule has 1 saturated heterocycles. The van der Waals surface area contributed by atoms with Crippen LogP contribution in [0.25, 0.3) is 0 Å². The second-order valence-corrected chi connectivity index (χ2v) is 7.17. The third-order valence-corrected chi connectivity index (χ3v) is 3.83. The van der Waals surface area contributed by atoms with E-state index in [2.05, 4.69) is 32.2 Å². The van der Waals surface area contributed by atoms with Gasteiger partial charge >= 0.3 is 0 Å². The van der Waals surface area contributed by atoms with Crippen molar-refractivity contribution >= 4 is 11.6 Å². The Bertz CT molecular complexity index is 439. The number of ether oxygens (including phenoxy) is 2. The van der Waals surface area contributed by atoms with Crippen molar-refractivity contribution in [2.45, 2.75) is 38.8 Å². The topological polar surface area (TPSA) is 30.5 Å². The van der Waals surface area contributed by atoms with Gasteiger partial charge in [-0.3, -0.25) is 0 Å². The van der Waals surface area contributed by atoms with Crippen LogP contribution in [-0.4, -0.2) is 31.9 Å². The van der Waals surface area contributed by atoms with Crippen LogP contribution in [0.15, 0.2) is 24.3 Å². The summed E-state index contributed by atoms with van der Waals surface area (Å²) in [6.07, 6.45) is 1.11. The van der Waals surface area contributed by atoms with Crippen molar-refractivity contribution in [3.63, 3.8) is 0 Å². The maximum atomic E-state index is 6.16. The van der Waals surface area contributed by atoms with E-state index in [1.807, 2.05) is 18.2 Å². The van der Waals surface area contributed by atoms with Gasteiger partial charge < -0.3 is 14.8 Å². The summed E-state index contributed by atoms with van der Waals surface area (Å²) in [4.78, 5) is 0. The van der Waals surface area contributed by atoms with Crippen LogP contribution in [0.5, 0.6) is 0 Å². The molecule has 2 unspecified atom stereocenters. The molecule has 21 heavy (non-hydrogen) atoms. The fourth-order valence-corrected chi connectivity index (χ4v) is 2.54. The summed E-state index contributed by atoms with van der Waals surface area (Å²) in [5, 5.41) is 4.27. The molecular formula is C17H26ClNO2. The monoisotopic (exact) mass is 311 g/mol. The minimum atomic E-state index is 0.0172. The zero-order valence-corrected chi connectivity index (χ0v) is 14.0. The van der Waals surface area contributed by atoms with Crippen molar-refractivity contribution in [3.8, 4) is 0 Å². The molecule has 0 saturated carbocycles. The van der Waals surface area contributed by atoms with Gasteiger partial charge in [0.1, 0.15) is 0 Å². The molecule has 0 aliphatic carbocycles. The van der Waals surface area contributed by atoms with Crippen LogP contribution in [-0.2, 0) is 9.47 Å². The summed E-state index contributed by atoms with van der Waals surface area (Å²) >= 11 is 6.11. The van der Waals surface area contributed by atoms with Gasteiger partial charge in [0.15, 0.2) is 0 Å². The van der Waals surface area contributed by atoms with Gasteiger partial charge in [0.05, 0.1) is 19.3 Å². The predicted molar refractivity (Wildman–Crippen MR) is 86.8 cm³/mol. The van der Waals surface area contributed by atoms with Gasteiger partial charge in [0.25, 0.3) is 0 Å². The normalized spacial score (nSPS) is 20.7. The summed E-state index contributed by atoms with van der Waals surface area (Å²) in [5.74, 6) is 0.515. The van der Waals surface area contributed by atoms with E-state index in [-0.39, 0.29) is 11.6 Å². The number of halogens is 1. The van der Waals surface area contributed by atoms with Crippen molar-refractivity contribution in [3.05, 3.63) is 34.9 Å². The Kier molecular flexibility index (Phi) is 6.06. The molecule has 1 aliphatic rings. The maximum absolute atomic E-state index is 6.16. The molecule has 0 amide bonds. The zero-order valence-electron chi connectivity index (χ0n) is 13.2. The highest BCUT2D eigenvalue weighted by Gasteiger charge is 2.21. The fraction of sp³-hybridized carbons (Fsp3) is 0.647. The van der Waals surface area contributed by atoms with Crippen LogP contribution in [0.4, 0.5) is 0 Å². The Morgan fingerprint density at radius 2 is 2.24 bits per heavy atom. The van der Waals surface area contributed by atoms with Gasteiger partial charge in [-0.1, -0.05) is 23.7 Å². The van der Waals surface area contributed by atoms with E-state index in [9.17, 15) is 0 Å². The summed E-state index contributed by atoms with van der Waals surface area (Å²) in [6, 6.07) is 7.93. The first kappa shape index (κ1) is 16.8. The Balaban J connectivity index is 1.98. The third kappa shape index (κ3) is 5.95. The molecule has 3 nitrogen and oxygen atoms in total. The van der Waals surface area contributed by atoms with Crippen molar-refractivity contribution in [1.82, 2.24) is 5.32 Å². The molecular weight excluding hydrogens is 286 g/mol. The second kappa shape index (κ2) is 7.59. The van der Waals surface area contributed by atoms with Crippen LogP contribution >= 0.6 is 11.6 Å². The second-order valence-electron chi connectivity index (χ2n) is 6.74. The van der Waals surface area contributed by atoms with Crippen molar-refractivity contribution in [2.24, 2.45) is 5.92 Å². The molecule has 0 radical (unpaired) electrons. The van der Waals surface area contributed by atoms with Gasteiger partial charge in [-0.15, -0.1) is 0 Å². The van der Waals surface area contributed by atoms with E-state index in [0.717, 1.165) is 43.4 Å². The first-order chi connectivity index (χ1) is 9.94. The minimum absolute atomic E-state index is 0.0172. The van der Waals surface area contributed by atoms with E-state index in [1.54, 1.807) is 0 Å². The first-order valence-electron chi connectivity index (χ1n) is 7.64. The minimum Gasteiger partial charge on any atom is -0.381 e. The standard InChI is InChI=1S/C17H26ClNO2/c1-17(2,3)19-10-16(14-5-4-6-15(18)9-14)21-12-13-7-8-20-11-13/h4-6,9,13,16,19H,7-8,10-12H2,1-3H3. The first-order valence-corrected chi connectivity index (χ1v) is 8.02. The lowest BCUT2D eigenvalue weighted by molar-refractivity contribution is 0.0222. The number of benzene rings is 1. The Hall–Kier alpha value is -0.610. The predicted octanol–water partition coefficient (Wildman–Crippen LogP) is 3.82. The molecule has 2 atom stereocenters. The molecule has 2 rings (SSSR count). The number of hydrogen-bond acceptors (Lipinski definition) is 3. The van der Waals surface area contributed by atoms with Gasteiger partial charge in [-0.2, -0.15) is 0 Å². The Morgan fingerprint density at radius 3 is 2.86 bits per heavy atom. The molecule has 0 aromatic heterocycles. The summed E-state index contributed by atoms with van der Waals surface area (Å²) < 4.78 is 11.6. The van der Waals surface area contributed by atoms with E-state index in [1.165, 1.54) is 0 Å². The molecule has 1 aromatic carbocycles. The maximum Gasteiger partial charge on any atom is 0.0950 e.